The van der Waals surface area contributed by atoms with Gasteiger partial charge < -0.3 is 15.2 Å². The molecule has 3 rings (SSSR count). The fraction of sp³-hybridized carbons (Fsp3) is 0.625. The predicted octanol–water partition coefficient (Wildman–Crippen LogP) is 5.12. The number of hydrogen-bond donors (Lipinski definition) is 2. The van der Waals surface area contributed by atoms with Crippen molar-refractivity contribution >= 4 is 5.97 Å². The van der Waals surface area contributed by atoms with Crippen molar-refractivity contribution in [3.8, 4) is 5.75 Å². The van der Waals surface area contributed by atoms with E-state index in [1.165, 1.54) is 49.7 Å². The van der Waals surface area contributed by atoms with Crippen LogP contribution in [0, 0.1) is 5.92 Å². The Balaban J connectivity index is 1.34. The molecule has 1 fully saturated rings. The third-order valence-electron chi connectivity index (χ3n) is 6.12. The average molecular weight is 386 g/mol. The van der Waals surface area contributed by atoms with E-state index in [2.05, 4.69) is 35.7 Å². The summed E-state index contributed by atoms with van der Waals surface area (Å²) < 4.78 is 5.93. The standard InChI is InChI=1S/C24H35NO3/c26-24(27)15-12-22-11-8-21(18-25-22)17-20-9-13-23(14-10-20)28-16-4-7-19-5-2-1-3-6-19/h8-10,13-14,19,22,25H,1-7,11-12,15-18H2,(H,26,27). The summed E-state index contributed by atoms with van der Waals surface area (Å²) in [4.78, 5) is 10.7. The van der Waals surface area contributed by atoms with Gasteiger partial charge >= 0.3 is 5.97 Å². The lowest BCUT2D eigenvalue weighted by atomic mass is 9.86. The number of rotatable bonds is 10. The minimum absolute atomic E-state index is 0.239. The van der Waals surface area contributed by atoms with E-state index < -0.39 is 5.97 Å². The van der Waals surface area contributed by atoms with E-state index in [4.69, 9.17) is 9.84 Å². The van der Waals surface area contributed by atoms with Crippen molar-refractivity contribution < 1.29 is 14.6 Å². The van der Waals surface area contributed by atoms with Gasteiger partial charge in [-0.1, -0.05) is 55.9 Å². The van der Waals surface area contributed by atoms with Gasteiger partial charge in [0.15, 0.2) is 0 Å². The van der Waals surface area contributed by atoms with Gasteiger partial charge in [-0.05, 0) is 55.7 Å². The number of hydrogen-bond acceptors (Lipinski definition) is 3. The maximum absolute atomic E-state index is 10.7. The molecule has 2 aliphatic rings. The van der Waals surface area contributed by atoms with Gasteiger partial charge in [-0.25, -0.2) is 0 Å². The Morgan fingerprint density at radius 2 is 1.89 bits per heavy atom. The van der Waals surface area contributed by atoms with E-state index in [0.29, 0.717) is 12.5 Å². The summed E-state index contributed by atoms with van der Waals surface area (Å²) in [6.07, 6.45) is 14.7. The van der Waals surface area contributed by atoms with Crippen LogP contribution in [0.1, 0.15) is 69.8 Å². The van der Waals surface area contributed by atoms with Gasteiger partial charge in [-0.15, -0.1) is 0 Å². The van der Waals surface area contributed by atoms with Gasteiger partial charge in [-0.2, -0.15) is 0 Å². The SMILES string of the molecule is O=C(O)CCC1CC=C(Cc2ccc(OCCCC3CCCCC3)cc2)CN1. The van der Waals surface area contributed by atoms with Crippen LogP contribution in [0.4, 0.5) is 0 Å². The molecule has 2 N–H and O–H groups in total. The Kier molecular flexibility index (Phi) is 8.41. The molecule has 1 heterocycles. The summed E-state index contributed by atoms with van der Waals surface area (Å²) in [5.74, 6) is 1.19. The number of carboxylic acids is 1. The third-order valence-corrected chi connectivity index (χ3v) is 6.12. The summed E-state index contributed by atoms with van der Waals surface area (Å²) in [7, 11) is 0. The Hall–Kier alpha value is -1.81. The Labute approximate surface area is 169 Å². The molecule has 1 aromatic carbocycles. The molecule has 1 unspecified atom stereocenters. The summed E-state index contributed by atoms with van der Waals surface area (Å²) in [6.45, 7) is 1.67. The van der Waals surface area contributed by atoms with E-state index in [0.717, 1.165) is 44.1 Å². The van der Waals surface area contributed by atoms with Gasteiger partial charge in [-0.3, -0.25) is 4.79 Å². The number of ether oxygens (including phenoxy) is 1. The first-order valence-corrected chi connectivity index (χ1v) is 11.0. The molecule has 0 saturated heterocycles. The molecule has 1 aliphatic heterocycles. The van der Waals surface area contributed by atoms with Crippen LogP contribution in [0.15, 0.2) is 35.9 Å². The van der Waals surface area contributed by atoms with Crippen LogP contribution in [0.5, 0.6) is 5.75 Å². The van der Waals surface area contributed by atoms with Crippen LogP contribution >= 0.6 is 0 Å². The normalized spacial score (nSPS) is 20.6. The van der Waals surface area contributed by atoms with Crippen molar-refractivity contribution in [2.24, 2.45) is 5.92 Å². The highest BCUT2D eigenvalue weighted by Crippen LogP contribution is 2.27. The molecule has 0 aromatic heterocycles. The Morgan fingerprint density at radius 1 is 1.11 bits per heavy atom. The molecule has 28 heavy (non-hydrogen) atoms. The highest BCUT2D eigenvalue weighted by atomic mass is 16.5. The molecular weight excluding hydrogens is 350 g/mol. The number of benzene rings is 1. The zero-order valence-corrected chi connectivity index (χ0v) is 17.0. The molecule has 1 aliphatic carbocycles. The molecule has 1 saturated carbocycles. The molecule has 4 nitrogen and oxygen atoms in total. The van der Waals surface area contributed by atoms with Crippen molar-refractivity contribution in [3.05, 3.63) is 41.5 Å². The second-order valence-electron chi connectivity index (χ2n) is 8.42. The van der Waals surface area contributed by atoms with Gasteiger partial charge in [0.05, 0.1) is 6.61 Å². The Bertz CT molecular complexity index is 632. The molecule has 0 radical (unpaired) electrons. The molecule has 4 heteroatoms. The second-order valence-corrected chi connectivity index (χ2v) is 8.42. The van der Waals surface area contributed by atoms with Crippen molar-refractivity contribution in [1.29, 1.82) is 0 Å². The molecular formula is C24H35NO3. The lowest BCUT2D eigenvalue weighted by Crippen LogP contribution is -2.34. The lowest BCUT2D eigenvalue weighted by Gasteiger charge is -2.23. The maximum atomic E-state index is 10.7. The van der Waals surface area contributed by atoms with Crippen LogP contribution in [0.25, 0.3) is 0 Å². The highest BCUT2D eigenvalue weighted by molar-refractivity contribution is 5.66. The smallest absolute Gasteiger partial charge is 0.303 e. The molecule has 0 spiro atoms. The average Bonchev–Trinajstić information content (AvgIpc) is 2.72. The van der Waals surface area contributed by atoms with Crippen LogP contribution in [-0.2, 0) is 11.2 Å². The minimum atomic E-state index is -0.715. The molecule has 0 bridgehead atoms. The molecule has 1 aromatic rings. The Morgan fingerprint density at radius 3 is 2.57 bits per heavy atom. The van der Waals surface area contributed by atoms with E-state index in [-0.39, 0.29) is 6.42 Å². The van der Waals surface area contributed by atoms with E-state index in [1.807, 2.05) is 0 Å². The van der Waals surface area contributed by atoms with Gasteiger partial charge in [0.25, 0.3) is 0 Å². The first-order chi connectivity index (χ1) is 13.7. The quantitative estimate of drug-likeness (QED) is 0.433. The summed E-state index contributed by atoms with van der Waals surface area (Å²) >= 11 is 0. The minimum Gasteiger partial charge on any atom is -0.494 e. The number of carboxylic acid groups (broad SMARTS) is 1. The van der Waals surface area contributed by atoms with Crippen molar-refractivity contribution in [2.75, 3.05) is 13.2 Å². The summed E-state index contributed by atoms with van der Waals surface area (Å²) in [5, 5.41) is 12.2. The molecule has 0 amide bonds. The van der Waals surface area contributed by atoms with Crippen LogP contribution in [0.3, 0.4) is 0 Å². The molecule has 1 atom stereocenters. The monoisotopic (exact) mass is 385 g/mol. The van der Waals surface area contributed by atoms with Crippen molar-refractivity contribution in [3.63, 3.8) is 0 Å². The number of aliphatic carboxylic acids is 1. The second kappa shape index (κ2) is 11.3. The number of carbonyl (C=O) groups is 1. The fourth-order valence-corrected chi connectivity index (χ4v) is 4.40. The first kappa shape index (κ1) is 20.9. The van der Waals surface area contributed by atoms with Crippen LogP contribution in [-0.4, -0.2) is 30.3 Å². The predicted molar refractivity (Wildman–Crippen MR) is 113 cm³/mol. The van der Waals surface area contributed by atoms with E-state index in [1.54, 1.807) is 0 Å². The van der Waals surface area contributed by atoms with Crippen molar-refractivity contribution in [1.82, 2.24) is 5.32 Å². The van der Waals surface area contributed by atoms with Crippen LogP contribution in [0.2, 0.25) is 0 Å². The largest absolute Gasteiger partial charge is 0.494 e. The van der Waals surface area contributed by atoms with Gasteiger partial charge in [0.1, 0.15) is 5.75 Å². The summed E-state index contributed by atoms with van der Waals surface area (Å²) in [6, 6.07) is 8.79. The maximum Gasteiger partial charge on any atom is 0.303 e. The van der Waals surface area contributed by atoms with Gasteiger partial charge in [0, 0.05) is 19.0 Å². The molecule has 154 valence electrons. The lowest BCUT2D eigenvalue weighted by molar-refractivity contribution is -0.137. The van der Waals surface area contributed by atoms with Crippen molar-refractivity contribution in [2.45, 2.75) is 76.7 Å². The first-order valence-electron chi connectivity index (χ1n) is 11.0. The third kappa shape index (κ3) is 7.31. The zero-order chi connectivity index (χ0) is 19.6. The van der Waals surface area contributed by atoms with E-state index >= 15 is 0 Å². The van der Waals surface area contributed by atoms with E-state index in [9.17, 15) is 4.79 Å². The van der Waals surface area contributed by atoms with Crippen LogP contribution < -0.4 is 10.1 Å². The highest BCUT2D eigenvalue weighted by Gasteiger charge is 2.15. The topological polar surface area (TPSA) is 58.6 Å². The van der Waals surface area contributed by atoms with Gasteiger partial charge in [0.2, 0.25) is 0 Å². The summed E-state index contributed by atoms with van der Waals surface area (Å²) in [5.41, 5.74) is 2.68. The fourth-order valence-electron chi connectivity index (χ4n) is 4.40. The number of nitrogens with one attached hydrogen (secondary N) is 1. The zero-order valence-electron chi connectivity index (χ0n) is 17.0.